The molecule has 3 aliphatic rings. The Labute approximate surface area is 109 Å². The number of hydrogen-bond acceptors (Lipinski definition) is 2. The zero-order valence-corrected chi connectivity index (χ0v) is 10.8. The minimum atomic E-state index is 0.639. The van der Waals surface area contributed by atoms with Crippen LogP contribution in [0.3, 0.4) is 0 Å². The van der Waals surface area contributed by atoms with E-state index in [0.29, 0.717) is 12.2 Å². The number of fused-ring (bicyclic) bond motifs is 2. The lowest BCUT2D eigenvalue weighted by molar-refractivity contribution is 0.306. The van der Waals surface area contributed by atoms with Gasteiger partial charge in [0.25, 0.3) is 0 Å². The fourth-order valence-electron chi connectivity index (χ4n) is 3.88. The molecular formula is C16H21NO. The van der Waals surface area contributed by atoms with Crippen molar-refractivity contribution < 1.29 is 4.74 Å². The molecule has 1 saturated carbocycles. The minimum absolute atomic E-state index is 0.639. The molecule has 18 heavy (non-hydrogen) atoms. The van der Waals surface area contributed by atoms with Crippen LogP contribution in [0.1, 0.15) is 18.4 Å². The number of ether oxygens (including phenoxy) is 1. The highest BCUT2D eigenvalue weighted by atomic mass is 16.6. The summed E-state index contributed by atoms with van der Waals surface area (Å²) in [4.78, 5) is 2.67. The average Bonchev–Trinajstić information content (AvgIpc) is 3.04. The maximum absolute atomic E-state index is 5.66. The minimum Gasteiger partial charge on any atom is -0.370 e. The van der Waals surface area contributed by atoms with E-state index in [4.69, 9.17) is 4.74 Å². The highest BCUT2D eigenvalue weighted by molar-refractivity contribution is 5.15. The molecule has 0 aromatic heterocycles. The Balaban J connectivity index is 1.32. The lowest BCUT2D eigenvalue weighted by atomic mass is 9.82. The Kier molecular flexibility index (Phi) is 2.66. The van der Waals surface area contributed by atoms with E-state index in [1.807, 2.05) is 0 Å². The normalized spacial score (nSPS) is 38.2. The molecular weight excluding hydrogens is 222 g/mol. The van der Waals surface area contributed by atoms with Crippen molar-refractivity contribution in [2.24, 2.45) is 11.8 Å². The van der Waals surface area contributed by atoms with Crippen molar-refractivity contribution in [3.05, 3.63) is 35.9 Å². The summed E-state index contributed by atoms with van der Waals surface area (Å²) in [7, 11) is 0. The third kappa shape index (κ3) is 2.08. The van der Waals surface area contributed by atoms with E-state index in [2.05, 4.69) is 35.2 Å². The first kappa shape index (κ1) is 11.0. The molecule has 2 heteroatoms. The van der Waals surface area contributed by atoms with Crippen molar-refractivity contribution in [3.8, 4) is 0 Å². The van der Waals surface area contributed by atoms with Crippen LogP contribution in [0.2, 0.25) is 0 Å². The number of nitrogens with zero attached hydrogens (tertiary/aromatic N) is 1. The van der Waals surface area contributed by atoms with Crippen LogP contribution in [-0.2, 0) is 11.2 Å². The lowest BCUT2D eigenvalue weighted by Gasteiger charge is -2.19. The largest absolute Gasteiger partial charge is 0.370 e. The number of hydrogen-bond donors (Lipinski definition) is 0. The zero-order valence-electron chi connectivity index (χ0n) is 10.8. The van der Waals surface area contributed by atoms with Crippen LogP contribution in [0.5, 0.6) is 0 Å². The van der Waals surface area contributed by atoms with Crippen LogP contribution >= 0.6 is 0 Å². The van der Waals surface area contributed by atoms with E-state index in [1.54, 1.807) is 0 Å². The van der Waals surface area contributed by atoms with Gasteiger partial charge in [0.1, 0.15) is 0 Å². The second-order valence-electron chi connectivity index (χ2n) is 6.20. The third-order valence-corrected chi connectivity index (χ3v) is 4.97. The quantitative estimate of drug-likeness (QED) is 0.757. The van der Waals surface area contributed by atoms with Crippen molar-refractivity contribution in [3.63, 3.8) is 0 Å². The van der Waals surface area contributed by atoms with E-state index in [-0.39, 0.29) is 0 Å². The molecule has 4 atom stereocenters. The second kappa shape index (κ2) is 4.36. The van der Waals surface area contributed by atoms with Gasteiger partial charge in [-0.25, -0.2) is 0 Å². The molecule has 2 saturated heterocycles. The standard InChI is InChI=1S/C16H21NO/c1-2-4-12(5-3-1)6-7-17-10-13-8-15-16(18-15)9-14(13)11-17/h1-5,13-16H,6-11H2. The van der Waals surface area contributed by atoms with E-state index in [1.165, 1.54) is 44.5 Å². The Bertz CT molecular complexity index is 400. The second-order valence-corrected chi connectivity index (χ2v) is 6.20. The Hall–Kier alpha value is -0.860. The molecule has 1 aliphatic carbocycles. The predicted molar refractivity (Wildman–Crippen MR) is 71.5 cm³/mol. The van der Waals surface area contributed by atoms with Gasteiger partial charge in [-0.2, -0.15) is 0 Å². The summed E-state index contributed by atoms with van der Waals surface area (Å²) < 4.78 is 5.66. The van der Waals surface area contributed by atoms with Gasteiger partial charge in [0, 0.05) is 19.6 Å². The number of epoxide rings is 1. The topological polar surface area (TPSA) is 15.8 Å². The molecule has 2 heterocycles. The number of rotatable bonds is 3. The van der Waals surface area contributed by atoms with E-state index < -0.39 is 0 Å². The summed E-state index contributed by atoms with van der Waals surface area (Å²) in [6, 6.07) is 10.9. The van der Waals surface area contributed by atoms with Crippen LogP contribution < -0.4 is 0 Å². The molecule has 2 aliphatic heterocycles. The lowest BCUT2D eigenvalue weighted by Crippen LogP contribution is -2.23. The van der Waals surface area contributed by atoms with Gasteiger partial charge < -0.3 is 9.64 Å². The van der Waals surface area contributed by atoms with Crippen molar-refractivity contribution in [2.75, 3.05) is 19.6 Å². The molecule has 1 aromatic rings. The van der Waals surface area contributed by atoms with Gasteiger partial charge in [-0.1, -0.05) is 30.3 Å². The molecule has 0 bridgehead atoms. The molecule has 4 unspecified atom stereocenters. The Morgan fingerprint density at radius 3 is 2.33 bits per heavy atom. The summed E-state index contributed by atoms with van der Waals surface area (Å²) in [5.74, 6) is 1.84. The SMILES string of the molecule is c1ccc(CCN2CC3CC4OC4CC3C2)cc1. The van der Waals surface area contributed by atoms with Crippen LogP contribution in [0.25, 0.3) is 0 Å². The first-order chi connectivity index (χ1) is 8.88. The molecule has 4 rings (SSSR count). The molecule has 0 radical (unpaired) electrons. The molecule has 96 valence electrons. The van der Waals surface area contributed by atoms with Gasteiger partial charge in [0.15, 0.2) is 0 Å². The van der Waals surface area contributed by atoms with Crippen molar-refractivity contribution in [2.45, 2.75) is 31.5 Å². The molecule has 1 aromatic carbocycles. The van der Waals surface area contributed by atoms with Crippen LogP contribution in [0, 0.1) is 11.8 Å². The van der Waals surface area contributed by atoms with Gasteiger partial charge in [-0.15, -0.1) is 0 Å². The van der Waals surface area contributed by atoms with Crippen molar-refractivity contribution in [1.82, 2.24) is 4.90 Å². The predicted octanol–water partition coefficient (Wildman–Crippen LogP) is 2.34. The maximum Gasteiger partial charge on any atom is 0.0845 e. The van der Waals surface area contributed by atoms with Gasteiger partial charge in [0.2, 0.25) is 0 Å². The average molecular weight is 243 g/mol. The fraction of sp³-hybridized carbons (Fsp3) is 0.625. The zero-order chi connectivity index (χ0) is 11.9. The molecule has 0 spiro atoms. The molecule has 0 amide bonds. The van der Waals surface area contributed by atoms with Gasteiger partial charge >= 0.3 is 0 Å². The fourth-order valence-corrected chi connectivity index (χ4v) is 3.88. The Morgan fingerprint density at radius 2 is 1.67 bits per heavy atom. The van der Waals surface area contributed by atoms with Crippen molar-refractivity contribution >= 4 is 0 Å². The van der Waals surface area contributed by atoms with Gasteiger partial charge in [0.05, 0.1) is 12.2 Å². The summed E-state index contributed by atoms with van der Waals surface area (Å²) >= 11 is 0. The molecule has 0 N–H and O–H groups in total. The van der Waals surface area contributed by atoms with Gasteiger partial charge in [-0.3, -0.25) is 0 Å². The first-order valence-electron chi connectivity index (χ1n) is 7.30. The van der Waals surface area contributed by atoms with E-state index >= 15 is 0 Å². The summed E-state index contributed by atoms with van der Waals surface area (Å²) in [6.07, 6.45) is 5.14. The van der Waals surface area contributed by atoms with E-state index in [0.717, 1.165) is 11.8 Å². The summed E-state index contributed by atoms with van der Waals surface area (Å²) in [5, 5.41) is 0. The van der Waals surface area contributed by atoms with Crippen LogP contribution in [-0.4, -0.2) is 36.7 Å². The molecule has 2 nitrogen and oxygen atoms in total. The highest BCUT2D eigenvalue weighted by Gasteiger charge is 2.50. The van der Waals surface area contributed by atoms with E-state index in [9.17, 15) is 0 Å². The summed E-state index contributed by atoms with van der Waals surface area (Å²) in [6.45, 7) is 3.85. The monoisotopic (exact) mass is 243 g/mol. The first-order valence-corrected chi connectivity index (χ1v) is 7.30. The van der Waals surface area contributed by atoms with Crippen LogP contribution in [0.15, 0.2) is 30.3 Å². The maximum atomic E-state index is 5.66. The van der Waals surface area contributed by atoms with Crippen LogP contribution in [0.4, 0.5) is 0 Å². The highest BCUT2D eigenvalue weighted by Crippen LogP contribution is 2.45. The van der Waals surface area contributed by atoms with Crippen molar-refractivity contribution in [1.29, 1.82) is 0 Å². The number of benzene rings is 1. The smallest absolute Gasteiger partial charge is 0.0845 e. The Morgan fingerprint density at radius 1 is 1.00 bits per heavy atom. The summed E-state index contributed by atoms with van der Waals surface area (Å²) in [5.41, 5.74) is 1.47. The number of likely N-dealkylation sites (tertiary alicyclic amines) is 1. The van der Waals surface area contributed by atoms with Gasteiger partial charge in [-0.05, 0) is 36.7 Å². The molecule has 3 fully saturated rings. The third-order valence-electron chi connectivity index (χ3n) is 4.97.